The number of halogens is 1. The van der Waals surface area contributed by atoms with Gasteiger partial charge < -0.3 is 4.98 Å². The Balaban J connectivity index is 2.10. The van der Waals surface area contributed by atoms with E-state index in [4.69, 9.17) is 12.2 Å². The van der Waals surface area contributed by atoms with Crippen molar-refractivity contribution >= 4 is 29.3 Å². The molecule has 0 atom stereocenters. The third-order valence-corrected chi connectivity index (χ3v) is 3.25. The van der Waals surface area contributed by atoms with E-state index in [9.17, 15) is 9.18 Å². The van der Waals surface area contributed by atoms with Gasteiger partial charge in [0.15, 0.2) is 0 Å². The summed E-state index contributed by atoms with van der Waals surface area (Å²) in [7, 11) is 0. The van der Waals surface area contributed by atoms with Crippen molar-refractivity contribution in [1.29, 1.82) is 0 Å². The van der Waals surface area contributed by atoms with Crippen LogP contribution in [-0.2, 0) is 0 Å². The molecule has 0 bridgehead atoms. The minimum absolute atomic E-state index is 0.206. The second-order valence-electron chi connectivity index (χ2n) is 4.39. The summed E-state index contributed by atoms with van der Waals surface area (Å²) in [6.45, 7) is 0. The Morgan fingerprint density at radius 1 is 1.14 bits per heavy atom. The zero-order chi connectivity index (χ0) is 14.8. The maximum Gasteiger partial charge on any atom is 0.282 e. The molecular formula is C15H10FN3OS. The Morgan fingerprint density at radius 3 is 2.62 bits per heavy atom. The molecule has 1 heterocycles. The van der Waals surface area contributed by atoms with Crippen LogP contribution in [0.15, 0.2) is 58.4 Å². The van der Waals surface area contributed by atoms with E-state index in [-0.39, 0.29) is 16.1 Å². The number of aromatic amines is 1. The van der Waals surface area contributed by atoms with Crippen molar-refractivity contribution in [2.75, 3.05) is 0 Å². The molecule has 4 nitrogen and oxygen atoms in total. The topological polar surface area (TPSA) is 50.1 Å². The lowest BCUT2D eigenvalue weighted by atomic mass is 10.2. The van der Waals surface area contributed by atoms with Crippen molar-refractivity contribution in [3.05, 3.63) is 75.0 Å². The van der Waals surface area contributed by atoms with E-state index >= 15 is 0 Å². The van der Waals surface area contributed by atoms with E-state index in [1.165, 1.54) is 18.3 Å². The molecule has 1 N–H and O–H groups in total. The first-order chi connectivity index (χ1) is 10.1. The highest BCUT2D eigenvalue weighted by Gasteiger charge is 2.03. The maximum absolute atomic E-state index is 12.8. The van der Waals surface area contributed by atoms with Crippen molar-refractivity contribution in [2.24, 2.45) is 5.10 Å². The lowest BCUT2D eigenvalue weighted by molar-refractivity contribution is 0.628. The molecule has 6 heteroatoms. The molecule has 0 amide bonds. The number of hydrogen-bond acceptors (Lipinski definition) is 3. The predicted molar refractivity (Wildman–Crippen MR) is 82.8 cm³/mol. The van der Waals surface area contributed by atoms with E-state index in [1.807, 2.05) is 6.07 Å². The van der Waals surface area contributed by atoms with E-state index in [2.05, 4.69) is 10.1 Å². The first-order valence-electron chi connectivity index (χ1n) is 6.19. The summed E-state index contributed by atoms with van der Waals surface area (Å²) in [6.07, 6.45) is 1.46. The van der Waals surface area contributed by atoms with Crippen LogP contribution in [0.4, 0.5) is 4.39 Å². The lowest BCUT2D eigenvalue weighted by Gasteiger charge is -2.02. The normalized spacial score (nSPS) is 11.3. The van der Waals surface area contributed by atoms with Crippen molar-refractivity contribution in [2.45, 2.75) is 0 Å². The van der Waals surface area contributed by atoms with Crippen LogP contribution in [0, 0.1) is 10.6 Å². The molecule has 0 aliphatic rings. The van der Waals surface area contributed by atoms with Gasteiger partial charge in [-0.15, -0.1) is 0 Å². The maximum atomic E-state index is 12.8. The van der Waals surface area contributed by atoms with Gasteiger partial charge in [-0.05, 0) is 42.0 Å². The molecule has 0 unspecified atom stereocenters. The van der Waals surface area contributed by atoms with Gasteiger partial charge in [-0.1, -0.05) is 24.3 Å². The molecule has 0 spiro atoms. The van der Waals surface area contributed by atoms with Gasteiger partial charge in [0.2, 0.25) is 4.77 Å². The van der Waals surface area contributed by atoms with Crippen LogP contribution in [0.1, 0.15) is 5.56 Å². The Bertz CT molecular complexity index is 942. The van der Waals surface area contributed by atoms with Crippen LogP contribution in [0.25, 0.3) is 10.9 Å². The first-order valence-corrected chi connectivity index (χ1v) is 6.60. The summed E-state index contributed by atoms with van der Waals surface area (Å²) in [5.74, 6) is -0.327. The van der Waals surface area contributed by atoms with E-state index in [0.29, 0.717) is 16.5 Å². The van der Waals surface area contributed by atoms with Gasteiger partial charge in [0, 0.05) is 0 Å². The molecule has 21 heavy (non-hydrogen) atoms. The van der Waals surface area contributed by atoms with Gasteiger partial charge in [0.25, 0.3) is 5.56 Å². The number of para-hydroxylation sites is 1. The van der Waals surface area contributed by atoms with Crippen molar-refractivity contribution in [3.8, 4) is 0 Å². The third kappa shape index (κ3) is 2.66. The number of nitrogens with zero attached hydrogens (tertiary/aromatic N) is 2. The Kier molecular flexibility index (Phi) is 3.45. The zero-order valence-electron chi connectivity index (χ0n) is 10.8. The minimum Gasteiger partial charge on any atom is -0.330 e. The molecule has 1 aromatic heterocycles. The summed E-state index contributed by atoms with van der Waals surface area (Å²) in [5, 5.41) is 4.58. The molecule has 0 saturated carbocycles. The fraction of sp³-hybridized carbons (Fsp3) is 0. The quantitative estimate of drug-likeness (QED) is 0.584. The monoisotopic (exact) mass is 299 g/mol. The number of benzene rings is 2. The van der Waals surface area contributed by atoms with E-state index in [0.717, 1.165) is 4.68 Å². The highest BCUT2D eigenvalue weighted by atomic mass is 32.1. The number of aromatic nitrogens is 2. The summed E-state index contributed by atoms with van der Waals surface area (Å²) in [5.41, 5.74) is 1.04. The predicted octanol–water partition coefficient (Wildman–Crippen LogP) is 3.08. The molecule has 0 aliphatic carbocycles. The van der Waals surface area contributed by atoms with Crippen LogP contribution in [-0.4, -0.2) is 15.9 Å². The molecule has 0 aliphatic heterocycles. The van der Waals surface area contributed by atoms with Gasteiger partial charge in [0.05, 0.1) is 17.1 Å². The average Bonchev–Trinajstić information content (AvgIpc) is 2.49. The van der Waals surface area contributed by atoms with Crippen LogP contribution in [0.2, 0.25) is 0 Å². The Hall–Kier alpha value is -2.60. The smallest absolute Gasteiger partial charge is 0.282 e. The van der Waals surface area contributed by atoms with Crippen LogP contribution in [0.3, 0.4) is 0 Å². The number of H-pyrrole nitrogens is 1. The first kappa shape index (κ1) is 13.4. The second-order valence-corrected chi connectivity index (χ2v) is 4.78. The molecule has 0 saturated heterocycles. The SMILES string of the molecule is O=c1c2ccccc2[nH]c(=S)n1/N=C/c1ccc(F)cc1. The summed E-state index contributed by atoms with van der Waals surface area (Å²) >= 11 is 5.14. The van der Waals surface area contributed by atoms with Gasteiger partial charge in [0.1, 0.15) is 5.82 Å². The van der Waals surface area contributed by atoms with Gasteiger partial charge in [-0.3, -0.25) is 4.79 Å². The minimum atomic E-state index is -0.327. The van der Waals surface area contributed by atoms with Crippen LogP contribution < -0.4 is 5.56 Å². The fourth-order valence-electron chi connectivity index (χ4n) is 1.93. The van der Waals surface area contributed by atoms with Crippen LogP contribution >= 0.6 is 12.2 Å². The number of fused-ring (bicyclic) bond motifs is 1. The molecule has 3 aromatic rings. The second kappa shape index (κ2) is 5.41. The standard InChI is InChI=1S/C15H10FN3OS/c16-11-7-5-10(6-8-11)9-17-19-14(20)12-3-1-2-4-13(12)18-15(19)21/h1-9H,(H,18,21)/b17-9+. The molecule has 0 radical (unpaired) electrons. The van der Waals surface area contributed by atoms with Crippen molar-refractivity contribution < 1.29 is 4.39 Å². The third-order valence-electron chi connectivity index (χ3n) is 2.98. The Labute approximate surface area is 124 Å². The molecule has 0 fully saturated rings. The Morgan fingerprint density at radius 2 is 1.86 bits per heavy atom. The average molecular weight is 299 g/mol. The van der Waals surface area contributed by atoms with Gasteiger partial charge >= 0.3 is 0 Å². The summed E-state index contributed by atoms with van der Waals surface area (Å²) in [6, 6.07) is 12.9. The van der Waals surface area contributed by atoms with Gasteiger partial charge in [-0.25, -0.2) is 4.39 Å². The molecule has 2 aromatic carbocycles. The number of rotatable bonds is 2. The van der Waals surface area contributed by atoms with Crippen molar-refractivity contribution in [3.63, 3.8) is 0 Å². The van der Waals surface area contributed by atoms with Crippen molar-refractivity contribution in [1.82, 2.24) is 9.66 Å². The molecule has 104 valence electrons. The molecule has 3 rings (SSSR count). The number of nitrogens with one attached hydrogen (secondary N) is 1. The fourth-order valence-corrected chi connectivity index (χ4v) is 2.17. The zero-order valence-corrected chi connectivity index (χ0v) is 11.6. The highest BCUT2D eigenvalue weighted by Crippen LogP contribution is 2.06. The van der Waals surface area contributed by atoms with E-state index < -0.39 is 0 Å². The summed E-state index contributed by atoms with van der Waals surface area (Å²) < 4.78 is 14.1. The largest absolute Gasteiger partial charge is 0.330 e. The van der Waals surface area contributed by atoms with Gasteiger partial charge in [-0.2, -0.15) is 9.78 Å². The van der Waals surface area contributed by atoms with Crippen LogP contribution in [0.5, 0.6) is 0 Å². The summed E-state index contributed by atoms with van der Waals surface area (Å²) in [4.78, 5) is 15.3. The number of hydrogen-bond donors (Lipinski definition) is 1. The molecular weight excluding hydrogens is 289 g/mol. The lowest BCUT2D eigenvalue weighted by Crippen LogP contribution is -2.18. The van der Waals surface area contributed by atoms with E-state index in [1.54, 1.807) is 30.3 Å². The highest BCUT2D eigenvalue weighted by molar-refractivity contribution is 7.71.